The molecule has 0 unspecified atom stereocenters. The molecule has 5 rings (SSSR count). The van der Waals surface area contributed by atoms with Crippen LogP contribution in [0.2, 0.25) is 0 Å². The summed E-state index contributed by atoms with van der Waals surface area (Å²) in [4.78, 5) is 13.8. The first-order valence-electron chi connectivity index (χ1n) is 11.6. The number of phenolic OH excluding ortho intramolecular Hbond substituents is 1. The number of para-hydroxylation sites is 1. The number of alkyl halides is 3. The van der Waals surface area contributed by atoms with E-state index in [-0.39, 0.29) is 5.75 Å². The average Bonchev–Trinajstić information content (AvgIpc) is 3.28. The van der Waals surface area contributed by atoms with Crippen molar-refractivity contribution in [1.82, 2.24) is 19.5 Å². The topological polar surface area (TPSA) is 87.9 Å². The van der Waals surface area contributed by atoms with Crippen LogP contribution in [0.15, 0.2) is 85.2 Å². The molecule has 2 aromatic heterocycles. The number of aromatic nitrogens is 4. The first-order chi connectivity index (χ1) is 17.8. The molecule has 0 aliphatic heterocycles. The predicted molar refractivity (Wildman–Crippen MR) is 136 cm³/mol. The maximum atomic E-state index is 12.9. The first-order valence-corrected chi connectivity index (χ1v) is 11.6. The van der Waals surface area contributed by atoms with Crippen molar-refractivity contribution in [2.75, 3.05) is 17.2 Å². The van der Waals surface area contributed by atoms with Gasteiger partial charge in [-0.1, -0.05) is 42.5 Å². The monoisotopic (exact) mass is 504 g/mol. The van der Waals surface area contributed by atoms with Gasteiger partial charge in [0, 0.05) is 12.2 Å². The van der Waals surface area contributed by atoms with Crippen LogP contribution < -0.4 is 10.6 Å². The highest BCUT2D eigenvalue weighted by atomic mass is 19.4. The number of aromatic hydroxyl groups is 1. The van der Waals surface area contributed by atoms with Crippen LogP contribution in [-0.4, -0.2) is 31.2 Å². The Kier molecular flexibility index (Phi) is 6.63. The molecule has 2 heterocycles. The third-order valence-electron chi connectivity index (χ3n) is 5.77. The summed E-state index contributed by atoms with van der Waals surface area (Å²) in [6.07, 6.45) is -2.08. The number of nitrogens with one attached hydrogen (secondary N) is 2. The molecule has 0 amide bonds. The minimum Gasteiger partial charge on any atom is -0.508 e. The van der Waals surface area contributed by atoms with Gasteiger partial charge in [-0.2, -0.15) is 23.1 Å². The van der Waals surface area contributed by atoms with E-state index >= 15 is 0 Å². The highest BCUT2D eigenvalue weighted by Crippen LogP contribution is 2.29. The van der Waals surface area contributed by atoms with Gasteiger partial charge in [0.25, 0.3) is 0 Å². The van der Waals surface area contributed by atoms with E-state index in [4.69, 9.17) is 0 Å². The van der Waals surface area contributed by atoms with Crippen molar-refractivity contribution >= 4 is 28.6 Å². The minimum absolute atomic E-state index is 0.212. The predicted octanol–water partition coefficient (Wildman–Crippen LogP) is 6.00. The third-order valence-corrected chi connectivity index (χ3v) is 5.77. The molecule has 10 heteroatoms. The number of benzene rings is 3. The molecule has 3 aromatic carbocycles. The van der Waals surface area contributed by atoms with Crippen LogP contribution in [0.1, 0.15) is 16.7 Å². The summed E-state index contributed by atoms with van der Waals surface area (Å²) in [6, 6.07) is 21.5. The van der Waals surface area contributed by atoms with Gasteiger partial charge in [0.1, 0.15) is 5.75 Å². The second-order valence-electron chi connectivity index (χ2n) is 8.47. The summed E-state index contributed by atoms with van der Waals surface area (Å²) in [5.41, 5.74) is 2.95. The second-order valence-corrected chi connectivity index (χ2v) is 8.47. The van der Waals surface area contributed by atoms with Crippen molar-refractivity contribution in [3.63, 3.8) is 0 Å². The molecule has 0 bridgehead atoms. The summed E-state index contributed by atoms with van der Waals surface area (Å²) in [7, 11) is 0. The zero-order valence-electron chi connectivity index (χ0n) is 19.6. The molecule has 0 aliphatic carbocycles. The van der Waals surface area contributed by atoms with Crippen molar-refractivity contribution in [3.05, 3.63) is 102 Å². The van der Waals surface area contributed by atoms with E-state index in [1.54, 1.807) is 23.0 Å². The van der Waals surface area contributed by atoms with Crippen LogP contribution in [-0.2, 0) is 19.1 Å². The Morgan fingerprint density at radius 2 is 1.54 bits per heavy atom. The van der Waals surface area contributed by atoms with E-state index in [1.165, 1.54) is 12.1 Å². The lowest BCUT2D eigenvalue weighted by atomic mass is 10.1. The number of nitrogens with zero attached hydrogens (tertiary/aromatic N) is 4. The zero-order valence-corrected chi connectivity index (χ0v) is 19.6. The van der Waals surface area contributed by atoms with Crippen molar-refractivity contribution in [1.29, 1.82) is 0 Å². The van der Waals surface area contributed by atoms with E-state index in [1.807, 2.05) is 42.5 Å². The fraction of sp³-hybridized carbons (Fsp3) is 0.148. The molecular weight excluding hydrogens is 481 g/mol. The van der Waals surface area contributed by atoms with E-state index in [2.05, 4.69) is 25.6 Å². The second kappa shape index (κ2) is 10.2. The van der Waals surface area contributed by atoms with Crippen LogP contribution in [0, 0.1) is 0 Å². The van der Waals surface area contributed by atoms with Crippen LogP contribution in [0.4, 0.5) is 30.6 Å². The molecule has 3 N–H and O–H groups in total. The summed E-state index contributed by atoms with van der Waals surface area (Å²) < 4.78 is 40.6. The van der Waals surface area contributed by atoms with Crippen molar-refractivity contribution in [2.24, 2.45) is 0 Å². The molecule has 0 atom stereocenters. The number of halogens is 3. The van der Waals surface area contributed by atoms with Gasteiger partial charge in [-0.3, -0.25) is 0 Å². The van der Waals surface area contributed by atoms with Crippen molar-refractivity contribution in [2.45, 2.75) is 19.1 Å². The van der Waals surface area contributed by atoms with Crippen LogP contribution in [0.5, 0.6) is 5.75 Å². The van der Waals surface area contributed by atoms with Crippen LogP contribution in [0.3, 0.4) is 0 Å². The maximum Gasteiger partial charge on any atom is 0.416 e. The fourth-order valence-electron chi connectivity index (χ4n) is 3.87. The maximum absolute atomic E-state index is 12.9. The lowest BCUT2D eigenvalue weighted by Gasteiger charge is -2.12. The largest absolute Gasteiger partial charge is 0.508 e. The molecule has 0 fully saturated rings. The Hall–Kier alpha value is -4.60. The summed E-state index contributed by atoms with van der Waals surface area (Å²) in [5, 5.41) is 16.0. The molecule has 7 nitrogen and oxygen atoms in total. The van der Waals surface area contributed by atoms with E-state index < -0.39 is 11.7 Å². The summed E-state index contributed by atoms with van der Waals surface area (Å²) in [6.45, 7) is 0.858. The smallest absolute Gasteiger partial charge is 0.416 e. The van der Waals surface area contributed by atoms with Crippen LogP contribution in [0.25, 0.3) is 11.2 Å². The standard InChI is InChI=1S/C27H23F3N6O/c28-27(29,30)20-10-6-19(7-11-20)16-36-17-32-23-24(31-15-14-18-8-12-22(37)13-9-18)34-26(35-25(23)36)33-21-4-2-1-3-5-21/h1-13,17,37H,14-16H2,(H2,31,33,34,35). The molecule has 0 spiro atoms. The van der Waals surface area contributed by atoms with Gasteiger partial charge < -0.3 is 20.3 Å². The van der Waals surface area contributed by atoms with Crippen molar-refractivity contribution in [3.8, 4) is 5.75 Å². The highest BCUT2D eigenvalue weighted by molar-refractivity contribution is 5.84. The Bertz CT molecular complexity index is 1480. The molecule has 0 saturated carbocycles. The number of rotatable bonds is 8. The number of hydrogen-bond acceptors (Lipinski definition) is 6. The molecular formula is C27H23F3N6O. The number of fused-ring (bicyclic) bond motifs is 1. The average molecular weight is 505 g/mol. The number of phenols is 1. The zero-order chi connectivity index (χ0) is 25.8. The summed E-state index contributed by atoms with van der Waals surface area (Å²) in [5.74, 6) is 1.11. The van der Waals surface area contributed by atoms with Gasteiger partial charge in [-0.25, -0.2) is 4.98 Å². The fourth-order valence-corrected chi connectivity index (χ4v) is 3.87. The molecule has 188 valence electrons. The van der Waals surface area contributed by atoms with E-state index in [9.17, 15) is 18.3 Å². The molecule has 5 aromatic rings. The SMILES string of the molecule is Oc1ccc(CCNc2nc(Nc3ccccc3)nc3c2ncn3Cc2ccc(C(F)(F)F)cc2)cc1. The van der Waals surface area contributed by atoms with Gasteiger partial charge in [-0.05, 0) is 53.9 Å². The quantitative estimate of drug-likeness (QED) is 0.240. The van der Waals surface area contributed by atoms with Crippen LogP contribution >= 0.6 is 0 Å². The van der Waals surface area contributed by atoms with E-state index in [0.717, 1.165) is 23.4 Å². The molecule has 0 radical (unpaired) electrons. The minimum atomic E-state index is -4.38. The molecule has 37 heavy (non-hydrogen) atoms. The van der Waals surface area contributed by atoms with Gasteiger partial charge in [-0.15, -0.1) is 0 Å². The third kappa shape index (κ3) is 5.80. The lowest BCUT2D eigenvalue weighted by Crippen LogP contribution is -2.10. The lowest BCUT2D eigenvalue weighted by molar-refractivity contribution is -0.137. The van der Waals surface area contributed by atoms with Gasteiger partial charge >= 0.3 is 6.18 Å². The van der Waals surface area contributed by atoms with Crippen molar-refractivity contribution < 1.29 is 18.3 Å². The Morgan fingerprint density at radius 3 is 2.24 bits per heavy atom. The summed E-state index contributed by atoms with van der Waals surface area (Å²) >= 11 is 0. The molecule has 0 aliphatic rings. The van der Waals surface area contributed by atoms with Gasteiger partial charge in [0.15, 0.2) is 17.0 Å². The van der Waals surface area contributed by atoms with Gasteiger partial charge in [0.05, 0.1) is 18.4 Å². The molecule has 0 saturated heterocycles. The Balaban J connectivity index is 1.43. The first kappa shape index (κ1) is 24.1. The number of imidazole rings is 1. The normalized spacial score (nSPS) is 11.5. The Labute approximate surface area is 210 Å². The Morgan fingerprint density at radius 1 is 0.838 bits per heavy atom. The number of anilines is 3. The van der Waals surface area contributed by atoms with E-state index in [0.29, 0.717) is 48.0 Å². The number of hydrogen-bond donors (Lipinski definition) is 3. The highest BCUT2D eigenvalue weighted by Gasteiger charge is 2.30. The van der Waals surface area contributed by atoms with Gasteiger partial charge in [0.2, 0.25) is 5.95 Å².